The zero-order valence-corrected chi connectivity index (χ0v) is 15.8. The van der Waals surface area contributed by atoms with Gasteiger partial charge in [0, 0.05) is 18.6 Å². The smallest absolute Gasteiger partial charge is 0.227 e. The summed E-state index contributed by atoms with van der Waals surface area (Å²) in [6.45, 7) is 6.01. The van der Waals surface area contributed by atoms with Crippen LogP contribution in [0.1, 0.15) is 62.5 Å². The van der Waals surface area contributed by atoms with Gasteiger partial charge >= 0.3 is 0 Å². The number of halogens is 1. The Morgan fingerprint density at radius 1 is 1.17 bits per heavy atom. The summed E-state index contributed by atoms with van der Waals surface area (Å²) in [5.74, 6) is 0.917. The van der Waals surface area contributed by atoms with Crippen LogP contribution in [0.15, 0.2) is 24.3 Å². The van der Waals surface area contributed by atoms with Crippen molar-refractivity contribution in [3.8, 4) is 0 Å². The Hall–Kier alpha value is -1.06. The molecule has 1 saturated carbocycles. The minimum atomic E-state index is -0.317. The summed E-state index contributed by atoms with van der Waals surface area (Å²) in [6.07, 6.45) is 6.39. The van der Waals surface area contributed by atoms with Crippen LogP contribution in [0.4, 0.5) is 0 Å². The van der Waals surface area contributed by atoms with Crippen LogP contribution in [-0.4, -0.2) is 29.4 Å². The minimum absolute atomic E-state index is 0. The van der Waals surface area contributed by atoms with Gasteiger partial charge < -0.3 is 10.6 Å². The molecule has 1 heterocycles. The molecule has 2 atom stereocenters. The van der Waals surface area contributed by atoms with Crippen LogP contribution in [0.2, 0.25) is 0 Å². The highest BCUT2D eigenvalue weighted by molar-refractivity contribution is 5.85. The van der Waals surface area contributed by atoms with E-state index in [0.29, 0.717) is 11.8 Å². The second kappa shape index (κ2) is 7.88. The molecule has 24 heavy (non-hydrogen) atoms. The first-order valence-corrected chi connectivity index (χ1v) is 9.12. The topological polar surface area (TPSA) is 46.3 Å². The van der Waals surface area contributed by atoms with Crippen molar-refractivity contribution in [2.24, 2.45) is 11.7 Å². The van der Waals surface area contributed by atoms with E-state index in [1.807, 2.05) is 0 Å². The Bertz CT molecular complexity index is 565. The highest BCUT2D eigenvalue weighted by atomic mass is 35.5. The van der Waals surface area contributed by atoms with Crippen LogP contribution >= 0.6 is 12.4 Å². The largest absolute Gasteiger partial charge is 0.342 e. The van der Waals surface area contributed by atoms with Crippen molar-refractivity contribution in [2.75, 3.05) is 13.1 Å². The van der Waals surface area contributed by atoms with E-state index in [2.05, 4.69) is 43.0 Å². The lowest BCUT2D eigenvalue weighted by Gasteiger charge is -2.42. The number of amides is 1. The van der Waals surface area contributed by atoms with Crippen LogP contribution in [0.5, 0.6) is 0 Å². The van der Waals surface area contributed by atoms with Gasteiger partial charge in [-0.2, -0.15) is 0 Å². The van der Waals surface area contributed by atoms with Crippen molar-refractivity contribution in [3.63, 3.8) is 0 Å². The van der Waals surface area contributed by atoms with Gasteiger partial charge in [-0.15, -0.1) is 12.4 Å². The number of hydrogen-bond donors (Lipinski definition) is 1. The van der Waals surface area contributed by atoms with E-state index in [9.17, 15) is 4.79 Å². The number of hydrogen-bond acceptors (Lipinski definition) is 2. The fourth-order valence-corrected chi connectivity index (χ4v) is 4.44. The molecule has 1 aliphatic heterocycles. The van der Waals surface area contributed by atoms with E-state index in [0.717, 1.165) is 51.6 Å². The second-order valence-corrected chi connectivity index (χ2v) is 7.76. The Kier molecular flexibility index (Phi) is 6.33. The molecular weight excluding hydrogens is 320 g/mol. The first kappa shape index (κ1) is 19.3. The van der Waals surface area contributed by atoms with Crippen LogP contribution in [0, 0.1) is 12.8 Å². The van der Waals surface area contributed by atoms with Crippen molar-refractivity contribution in [3.05, 3.63) is 35.4 Å². The molecule has 1 aromatic carbocycles. The number of rotatable bonds is 2. The van der Waals surface area contributed by atoms with Gasteiger partial charge in [-0.05, 0) is 56.6 Å². The molecule has 1 aliphatic carbocycles. The number of nitrogens with zero attached hydrogens (tertiary/aromatic N) is 1. The summed E-state index contributed by atoms with van der Waals surface area (Å²) in [6, 6.07) is 8.66. The molecule has 134 valence electrons. The number of carbonyl (C=O) groups is 1. The molecule has 2 aliphatic rings. The molecule has 3 rings (SSSR count). The van der Waals surface area contributed by atoms with Crippen LogP contribution in [-0.2, 0) is 4.79 Å². The first-order valence-electron chi connectivity index (χ1n) is 9.12. The SMILES string of the molecule is Cc1ccccc1C1CCN(C(=O)C2CCCCC2(C)N)CC1.Cl. The maximum Gasteiger partial charge on any atom is 0.227 e. The Labute approximate surface area is 152 Å². The van der Waals surface area contributed by atoms with E-state index in [1.165, 1.54) is 11.1 Å². The molecule has 3 nitrogen and oxygen atoms in total. The molecule has 0 spiro atoms. The first-order chi connectivity index (χ1) is 11.0. The monoisotopic (exact) mass is 350 g/mol. The Morgan fingerprint density at radius 2 is 1.83 bits per heavy atom. The third kappa shape index (κ3) is 3.94. The average molecular weight is 351 g/mol. The second-order valence-electron chi connectivity index (χ2n) is 7.76. The van der Waals surface area contributed by atoms with E-state index in [4.69, 9.17) is 5.73 Å². The summed E-state index contributed by atoms with van der Waals surface area (Å²) in [4.78, 5) is 15.0. The number of benzene rings is 1. The number of piperidine rings is 1. The molecule has 4 heteroatoms. The predicted octanol–water partition coefficient (Wildman–Crippen LogP) is 4.03. The molecular formula is C20H31ClN2O. The summed E-state index contributed by atoms with van der Waals surface area (Å²) < 4.78 is 0. The van der Waals surface area contributed by atoms with Crippen molar-refractivity contribution >= 4 is 18.3 Å². The van der Waals surface area contributed by atoms with Gasteiger partial charge in [-0.1, -0.05) is 37.1 Å². The zero-order chi connectivity index (χ0) is 16.4. The van der Waals surface area contributed by atoms with Crippen LogP contribution < -0.4 is 5.73 Å². The molecule has 0 aromatic heterocycles. The lowest BCUT2D eigenvalue weighted by atomic mass is 9.73. The van der Waals surface area contributed by atoms with Gasteiger partial charge in [0.1, 0.15) is 0 Å². The molecule has 0 bridgehead atoms. The lowest BCUT2D eigenvalue weighted by Crippen LogP contribution is -2.54. The maximum absolute atomic E-state index is 12.9. The molecule has 2 fully saturated rings. The van der Waals surface area contributed by atoms with Crippen molar-refractivity contribution in [2.45, 2.75) is 63.8 Å². The van der Waals surface area contributed by atoms with Crippen molar-refractivity contribution in [1.29, 1.82) is 0 Å². The number of aryl methyl sites for hydroxylation is 1. The van der Waals surface area contributed by atoms with E-state index < -0.39 is 0 Å². The van der Waals surface area contributed by atoms with Crippen LogP contribution in [0.3, 0.4) is 0 Å². The summed E-state index contributed by atoms with van der Waals surface area (Å²) in [7, 11) is 0. The highest BCUT2D eigenvalue weighted by Gasteiger charge is 2.40. The van der Waals surface area contributed by atoms with Gasteiger partial charge in [-0.3, -0.25) is 4.79 Å². The molecule has 2 N–H and O–H groups in total. The van der Waals surface area contributed by atoms with Gasteiger partial charge in [0.15, 0.2) is 0 Å². The quantitative estimate of drug-likeness (QED) is 0.875. The third-order valence-corrected chi connectivity index (χ3v) is 5.99. The zero-order valence-electron chi connectivity index (χ0n) is 15.0. The van der Waals surface area contributed by atoms with E-state index in [-0.39, 0.29) is 23.9 Å². The number of carbonyl (C=O) groups excluding carboxylic acids is 1. The normalized spacial score (nSPS) is 28.3. The third-order valence-electron chi connectivity index (χ3n) is 5.99. The Morgan fingerprint density at radius 3 is 2.46 bits per heavy atom. The van der Waals surface area contributed by atoms with Gasteiger partial charge in [0.05, 0.1) is 5.92 Å². The van der Waals surface area contributed by atoms with E-state index in [1.54, 1.807) is 0 Å². The molecule has 1 aromatic rings. The summed E-state index contributed by atoms with van der Waals surface area (Å²) >= 11 is 0. The highest BCUT2D eigenvalue weighted by Crippen LogP contribution is 2.35. The van der Waals surface area contributed by atoms with Gasteiger partial charge in [0.25, 0.3) is 0 Å². The lowest BCUT2D eigenvalue weighted by molar-refractivity contribution is -0.140. The Balaban J connectivity index is 0.00000208. The predicted molar refractivity (Wildman–Crippen MR) is 102 cm³/mol. The summed E-state index contributed by atoms with van der Waals surface area (Å²) in [5.41, 5.74) is 8.94. The van der Waals surface area contributed by atoms with Gasteiger partial charge in [0.2, 0.25) is 5.91 Å². The maximum atomic E-state index is 12.9. The van der Waals surface area contributed by atoms with Crippen LogP contribution in [0.25, 0.3) is 0 Å². The fraction of sp³-hybridized carbons (Fsp3) is 0.650. The average Bonchev–Trinajstić information content (AvgIpc) is 2.54. The molecule has 2 unspecified atom stereocenters. The minimum Gasteiger partial charge on any atom is -0.342 e. The molecule has 1 amide bonds. The fourth-order valence-electron chi connectivity index (χ4n) is 4.44. The van der Waals surface area contributed by atoms with E-state index >= 15 is 0 Å². The van der Waals surface area contributed by atoms with Gasteiger partial charge in [-0.25, -0.2) is 0 Å². The van der Waals surface area contributed by atoms with Crippen molar-refractivity contribution < 1.29 is 4.79 Å². The molecule has 0 radical (unpaired) electrons. The van der Waals surface area contributed by atoms with Crippen molar-refractivity contribution in [1.82, 2.24) is 4.90 Å². The standard InChI is InChI=1S/C20H30N2O.ClH/c1-15-7-3-4-8-17(15)16-10-13-22(14-11-16)19(23)18-9-5-6-12-20(18,2)21;/h3-4,7-8,16,18H,5-6,9-14,21H2,1-2H3;1H. The number of nitrogens with two attached hydrogens (primary N) is 1. The number of likely N-dealkylation sites (tertiary alicyclic amines) is 1. The summed E-state index contributed by atoms with van der Waals surface area (Å²) in [5, 5.41) is 0. The molecule has 1 saturated heterocycles.